The Morgan fingerprint density at radius 1 is 1.06 bits per heavy atom. The van der Waals surface area contributed by atoms with Crippen LogP contribution in [0.1, 0.15) is 48.1 Å². The maximum Gasteiger partial charge on any atom is 0.276 e. The number of nitrogens with zero attached hydrogens (tertiary/aromatic N) is 6. The Hall–Kier alpha value is -4.52. The van der Waals surface area contributed by atoms with Crippen molar-refractivity contribution in [3.8, 4) is 11.1 Å². The van der Waals surface area contributed by atoms with Crippen LogP contribution >= 0.6 is 0 Å². The molecular formula is C36H42N8O4. The number of pyridine rings is 3. The summed E-state index contributed by atoms with van der Waals surface area (Å²) in [6, 6.07) is 10.4. The number of rotatable bonds is 7. The van der Waals surface area contributed by atoms with Crippen LogP contribution in [0.4, 0.5) is 23.0 Å². The molecule has 8 rings (SSSR count). The van der Waals surface area contributed by atoms with E-state index in [2.05, 4.69) is 55.4 Å². The molecule has 12 nitrogen and oxygen atoms in total. The number of hydrogen-bond acceptors (Lipinski definition) is 9. The molecule has 3 N–H and O–H groups in total. The molecular weight excluding hydrogens is 608 g/mol. The first-order valence-electron chi connectivity index (χ1n) is 16.9. The Balaban J connectivity index is 1.01. The quantitative estimate of drug-likeness (QED) is 0.275. The van der Waals surface area contributed by atoms with Gasteiger partial charge in [-0.25, -0.2) is 9.97 Å². The molecule has 4 aromatic rings. The standard InChI is InChI=1S/C36H42N8O4/c1-22-18-41(26-20-48-21-26)8-9-42(22)25-4-5-32(38-17-25)40-29-12-24(16-39-34(29)46)27-6-7-37-33(28(27)19-45)44-11-10-43-30(35(44)47)13-23-14-36(2,3)15-31(23)43/h4-7,12-13,16-17,22,26,45H,8-11,14-15,18-21H2,1-3H3,(H,38,40)(H,39,46). The summed E-state index contributed by atoms with van der Waals surface area (Å²) in [7, 11) is 0. The van der Waals surface area contributed by atoms with Gasteiger partial charge in [0.2, 0.25) is 0 Å². The van der Waals surface area contributed by atoms with Gasteiger partial charge in [-0.15, -0.1) is 0 Å². The number of aliphatic hydroxyl groups excluding tert-OH is 1. The number of aliphatic hydroxyl groups is 1. The molecule has 1 unspecified atom stereocenters. The van der Waals surface area contributed by atoms with E-state index in [-0.39, 0.29) is 23.5 Å². The molecule has 3 aliphatic heterocycles. The number of aromatic nitrogens is 4. The molecule has 4 aliphatic rings. The highest BCUT2D eigenvalue weighted by Gasteiger charge is 2.38. The maximum atomic E-state index is 13.8. The normalized spacial score (nSPS) is 20.8. The molecule has 250 valence electrons. The first-order chi connectivity index (χ1) is 23.2. The van der Waals surface area contributed by atoms with E-state index >= 15 is 0 Å². The van der Waals surface area contributed by atoms with E-state index < -0.39 is 0 Å². The third kappa shape index (κ3) is 5.37. The van der Waals surface area contributed by atoms with Crippen LogP contribution < -0.4 is 20.7 Å². The molecule has 0 bridgehead atoms. The van der Waals surface area contributed by atoms with Gasteiger partial charge in [-0.2, -0.15) is 0 Å². The molecule has 0 saturated carbocycles. The number of hydrogen-bond donors (Lipinski definition) is 3. The molecule has 0 radical (unpaired) electrons. The van der Waals surface area contributed by atoms with Crippen molar-refractivity contribution >= 4 is 28.9 Å². The fourth-order valence-electron chi connectivity index (χ4n) is 7.89. The molecule has 0 spiro atoms. The van der Waals surface area contributed by atoms with Gasteiger partial charge in [0.1, 0.15) is 23.0 Å². The lowest BCUT2D eigenvalue weighted by atomic mass is 9.90. The van der Waals surface area contributed by atoms with Gasteiger partial charge in [0.25, 0.3) is 11.5 Å². The molecule has 12 heteroatoms. The Labute approximate surface area is 279 Å². The Bertz CT molecular complexity index is 1930. The highest BCUT2D eigenvalue weighted by atomic mass is 16.5. The van der Waals surface area contributed by atoms with Gasteiger partial charge in [0.15, 0.2) is 0 Å². The zero-order chi connectivity index (χ0) is 33.2. The van der Waals surface area contributed by atoms with Crippen molar-refractivity contribution in [1.29, 1.82) is 0 Å². The van der Waals surface area contributed by atoms with Crippen molar-refractivity contribution in [3.05, 3.63) is 81.8 Å². The fraction of sp³-hybridized carbons (Fsp3) is 0.444. The van der Waals surface area contributed by atoms with E-state index in [0.29, 0.717) is 64.9 Å². The van der Waals surface area contributed by atoms with E-state index in [1.54, 1.807) is 29.4 Å². The Morgan fingerprint density at radius 2 is 1.92 bits per heavy atom. The predicted octanol–water partition coefficient (Wildman–Crippen LogP) is 3.56. The number of fused-ring (bicyclic) bond motifs is 3. The summed E-state index contributed by atoms with van der Waals surface area (Å²) < 4.78 is 7.55. The zero-order valence-electron chi connectivity index (χ0n) is 27.7. The van der Waals surface area contributed by atoms with Crippen molar-refractivity contribution in [2.45, 2.75) is 58.8 Å². The smallest absolute Gasteiger partial charge is 0.276 e. The molecule has 2 saturated heterocycles. The van der Waals surface area contributed by atoms with Crippen LogP contribution in [0, 0.1) is 5.41 Å². The summed E-state index contributed by atoms with van der Waals surface area (Å²) in [5.74, 6) is 0.867. The van der Waals surface area contributed by atoms with Gasteiger partial charge in [-0.05, 0) is 66.6 Å². The minimum absolute atomic E-state index is 0.115. The molecule has 0 aromatic carbocycles. The molecule has 1 amide bonds. The summed E-state index contributed by atoms with van der Waals surface area (Å²) >= 11 is 0. The molecule has 48 heavy (non-hydrogen) atoms. The van der Waals surface area contributed by atoms with Crippen LogP contribution in [-0.4, -0.2) is 86.9 Å². The van der Waals surface area contributed by atoms with E-state index in [1.165, 1.54) is 11.3 Å². The molecule has 7 heterocycles. The number of anilines is 4. The van der Waals surface area contributed by atoms with Crippen molar-refractivity contribution in [2.75, 3.05) is 54.5 Å². The first kappa shape index (κ1) is 30.8. The average Bonchev–Trinajstić information content (AvgIpc) is 3.54. The lowest BCUT2D eigenvalue weighted by Crippen LogP contribution is -2.59. The van der Waals surface area contributed by atoms with Crippen molar-refractivity contribution in [2.24, 2.45) is 5.41 Å². The fourth-order valence-corrected chi connectivity index (χ4v) is 7.89. The van der Waals surface area contributed by atoms with E-state index in [9.17, 15) is 14.7 Å². The van der Waals surface area contributed by atoms with Gasteiger partial charge in [-0.3, -0.25) is 19.4 Å². The Kier molecular flexibility index (Phi) is 7.61. The number of amides is 1. The van der Waals surface area contributed by atoms with Crippen LogP contribution in [-0.2, 0) is 30.7 Å². The largest absolute Gasteiger partial charge is 0.392 e. The third-order valence-electron chi connectivity index (χ3n) is 10.4. The van der Waals surface area contributed by atoms with Gasteiger partial charge in [-0.1, -0.05) is 13.8 Å². The molecule has 1 aliphatic carbocycles. The Morgan fingerprint density at radius 3 is 2.65 bits per heavy atom. The van der Waals surface area contributed by atoms with Crippen molar-refractivity contribution in [3.63, 3.8) is 0 Å². The minimum atomic E-state index is -0.319. The topological polar surface area (TPSA) is 132 Å². The SMILES string of the molecule is CC1CN(C2COC2)CCN1c1ccc(Nc2cc(-c3ccnc(N4CCn5c(cc6c5CC(C)(C)C6)C4=O)c3CO)c[nH]c2=O)nc1. The zero-order valence-corrected chi connectivity index (χ0v) is 27.7. The van der Waals surface area contributed by atoms with Crippen LogP contribution in [0.15, 0.2) is 53.7 Å². The lowest BCUT2D eigenvalue weighted by Gasteiger charge is -2.46. The second-order valence-electron chi connectivity index (χ2n) is 14.3. The summed E-state index contributed by atoms with van der Waals surface area (Å²) in [5.41, 5.74) is 6.36. The number of H-pyrrole nitrogens is 1. The lowest BCUT2D eigenvalue weighted by molar-refractivity contribution is -0.0691. The summed E-state index contributed by atoms with van der Waals surface area (Å²) in [6.07, 6.45) is 7.03. The van der Waals surface area contributed by atoms with E-state index in [1.807, 2.05) is 24.4 Å². The van der Waals surface area contributed by atoms with E-state index in [4.69, 9.17) is 4.74 Å². The van der Waals surface area contributed by atoms with Gasteiger partial charge in [0.05, 0.1) is 37.7 Å². The maximum absolute atomic E-state index is 13.8. The second-order valence-corrected chi connectivity index (χ2v) is 14.3. The van der Waals surface area contributed by atoms with Gasteiger partial charge in [0, 0.05) is 68.0 Å². The number of nitrogens with one attached hydrogen (secondary N) is 2. The number of ether oxygens (including phenoxy) is 1. The summed E-state index contributed by atoms with van der Waals surface area (Å²) in [5, 5.41) is 13.8. The predicted molar refractivity (Wildman–Crippen MR) is 184 cm³/mol. The highest BCUT2D eigenvalue weighted by Crippen LogP contribution is 2.40. The van der Waals surface area contributed by atoms with Crippen molar-refractivity contribution in [1.82, 2.24) is 24.4 Å². The van der Waals surface area contributed by atoms with Crippen LogP contribution in [0.3, 0.4) is 0 Å². The first-order valence-corrected chi connectivity index (χ1v) is 16.9. The number of carbonyl (C=O) groups excluding carboxylic acids is 1. The average molecular weight is 651 g/mol. The van der Waals surface area contributed by atoms with Crippen molar-refractivity contribution < 1.29 is 14.6 Å². The monoisotopic (exact) mass is 650 g/mol. The van der Waals surface area contributed by atoms with Crippen LogP contribution in [0.25, 0.3) is 11.1 Å². The molecule has 1 atom stereocenters. The second kappa shape index (κ2) is 11.9. The van der Waals surface area contributed by atoms with Crippen LogP contribution in [0.2, 0.25) is 0 Å². The minimum Gasteiger partial charge on any atom is -0.392 e. The number of carbonyl (C=O) groups is 1. The highest BCUT2D eigenvalue weighted by molar-refractivity contribution is 6.06. The van der Waals surface area contributed by atoms with Gasteiger partial charge >= 0.3 is 0 Å². The molecule has 4 aromatic heterocycles. The number of piperazine rings is 1. The summed E-state index contributed by atoms with van der Waals surface area (Å²) in [4.78, 5) is 45.3. The van der Waals surface area contributed by atoms with Gasteiger partial charge < -0.3 is 29.6 Å². The number of aromatic amines is 1. The van der Waals surface area contributed by atoms with Crippen LogP contribution in [0.5, 0.6) is 0 Å². The van der Waals surface area contributed by atoms with E-state index in [0.717, 1.165) is 51.4 Å². The summed E-state index contributed by atoms with van der Waals surface area (Å²) in [6.45, 7) is 12.1. The molecule has 2 fully saturated rings. The third-order valence-corrected chi connectivity index (χ3v) is 10.4.